The molecule has 7 nitrogen and oxygen atoms in total. The third-order valence-corrected chi connectivity index (χ3v) is 6.33. The minimum atomic E-state index is -2.96. The van der Waals surface area contributed by atoms with E-state index in [-0.39, 0.29) is 43.1 Å². The van der Waals surface area contributed by atoms with Crippen molar-refractivity contribution in [2.24, 2.45) is 0 Å². The summed E-state index contributed by atoms with van der Waals surface area (Å²) in [6.07, 6.45) is 0.299. The first kappa shape index (κ1) is 23.0. The van der Waals surface area contributed by atoms with Crippen molar-refractivity contribution in [1.82, 2.24) is 9.80 Å². The maximum atomic E-state index is 13.8. The quantitative estimate of drug-likeness (QED) is 0.662. The van der Waals surface area contributed by atoms with Gasteiger partial charge < -0.3 is 19.4 Å². The molecule has 2 aliphatic rings. The average molecular weight is 478 g/mol. The molecule has 0 aliphatic carbocycles. The number of nitrogens with zero attached hydrogens (tertiary/aromatic N) is 3. The summed E-state index contributed by atoms with van der Waals surface area (Å²) in [4.78, 5) is 43.6. The van der Waals surface area contributed by atoms with Crippen LogP contribution >= 0.6 is 11.6 Å². The highest BCUT2D eigenvalue weighted by Crippen LogP contribution is 2.37. The van der Waals surface area contributed by atoms with Gasteiger partial charge in [-0.3, -0.25) is 14.4 Å². The molecule has 2 aromatic carbocycles. The number of carbonyl (C=O) groups excluding carboxylic acids is 3. The lowest BCUT2D eigenvalue weighted by Crippen LogP contribution is -2.69. The summed E-state index contributed by atoms with van der Waals surface area (Å²) >= 11 is 5.97. The fraction of sp³-hybridized carbons (Fsp3) is 0.348. The van der Waals surface area contributed by atoms with Gasteiger partial charge in [-0.1, -0.05) is 23.7 Å². The highest BCUT2D eigenvalue weighted by atomic mass is 35.5. The van der Waals surface area contributed by atoms with E-state index in [4.69, 9.17) is 11.6 Å². The first-order chi connectivity index (χ1) is 15.7. The van der Waals surface area contributed by atoms with Crippen LogP contribution in [0.15, 0.2) is 48.5 Å². The average Bonchev–Trinajstić information content (AvgIpc) is 3.22. The lowest BCUT2D eigenvalue weighted by atomic mass is 9.90. The van der Waals surface area contributed by atoms with Gasteiger partial charge in [0.15, 0.2) is 0 Å². The Hall–Kier alpha value is -3.20. The first-order valence-electron chi connectivity index (χ1n) is 10.4. The smallest absolute Gasteiger partial charge is 0.387 e. The molecular formula is C23H22ClF2N3O4. The number of benzene rings is 2. The molecule has 0 aromatic heterocycles. The van der Waals surface area contributed by atoms with E-state index in [1.165, 1.54) is 36.1 Å². The van der Waals surface area contributed by atoms with Crippen LogP contribution in [0, 0.1) is 0 Å². The zero-order valence-electron chi connectivity index (χ0n) is 17.8. The van der Waals surface area contributed by atoms with E-state index in [2.05, 4.69) is 4.74 Å². The van der Waals surface area contributed by atoms with E-state index in [1.54, 1.807) is 34.1 Å². The third-order valence-electron chi connectivity index (χ3n) is 6.07. The molecule has 0 bridgehead atoms. The predicted molar refractivity (Wildman–Crippen MR) is 117 cm³/mol. The Morgan fingerprint density at radius 2 is 1.79 bits per heavy atom. The monoisotopic (exact) mass is 477 g/mol. The number of halogens is 3. The summed E-state index contributed by atoms with van der Waals surface area (Å²) in [5.74, 6) is -0.818. The Balaban J connectivity index is 1.66. The van der Waals surface area contributed by atoms with Crippen LogP contribution in [0.2, 0.25) is 5.02 Å². The molecule has 3 amide bonds. The van der Waals surface area contributed by atoms with E-state index in [0.29, 0.717) is 23.7 Å². The Kier molecular flexibility index (Phi) is 6.25. The molecule has 0 saturated carbocycles. The number of hydrogen-bond acceptors (Lipinski definition) is 4. The topological polar surface area (TPSA) is 70.2 Å². The first-order valence-corrected chi connectivity index (χ1v) is 10.7. The number of amides is 3. The molecule has 2 aliphatic heterocycles. The highest BCUT2D eigenvalue weighted by Gasteiger charge is 2.56. The Labute approximate surface area is 194 Å². The molecule has 33 heavy (non-hydrogen) atoms. The van der Waals surface area contributed by atoms with Gasteiger partial charge in [-0.15, -0.1) is 0 Å². The Morgan fingerprint density at radius 3 is 2.36 bits per heavy atom. The number of piperazine rings is 1. The van der Waals surface area contributed by atoms with Crippen molar-refractivity contribution in [3.8, 4) is 5.75 Å². The highest BCUT2D eigenvalue weighted by molar-refractivity contribution is 6.30. The van der Waals surface area contributed by atoms with Crippen LogP contribution in [0.25, 0.3) is 0 Å². The van der Waals surface area contributed by atoms with Crippen LogP contribution in [0.5, 0.6) is 5.75 Å². The zero-order chi connectivity index (χ0) is 23.8. The number of hydrogen-bond donors (Lipinski definition) is 0. The van der Waals surface area contributed by atoms with Crippen molar-refractivity contribution in [1.29, 1.82) is 0 Å². The van der Waals surface area contributed by atoms with E-state index in [9.17, 15) is 23.2 Å². The van der Waals surface area contributed by atoms with Crippen LogP contribution in [-0.2, 0) is 20.9 Å². The Bertz CT molecular complexity index is 1060. The Morgan fingerprint density at radius 1 is 1.12 bits per heavy atom. The van der Waals surface area contributed by atoms with Crippen LogP contribution < -0.4 is 9.64 Å². The molecule has 1 atom stereocenters. The number of likely N-dealkylation sites (tertiary alicyclic amines) is 1. The molecule has 2 aromatic rings. The number of alkyl halides is 2. The molecule has 174 valence electrons. The summed E-state index contributed by atoms with van der Waals surface area (Å²) in [6.45, 7) is -1.11. The maximum Gasteiger partial charge on any atom is 0.387 e. The molecule has 2 heterocycles. The van der Waals surface area contributed by atoms with Crippen molar-refractivity contribution >= 4 is 35.0 Å². The SMILES string of the molecule is CC(=O)N1CCC2(C1)C(=O)N(c1ccc(OC(F)F)cc1)CC(=O)N2Cc1ccc(Cl)cc1. The number of carbonyl (C=O) groups is 3. The van der Waals surface area contributed by atoms with Crippen LogP contribution in [-0.4, -0.2) is 59.3 Å². The largest absolute Gasteiger partial charge is 0.435 e. The molecule has 1 spiro atoms. The van der Waals surface area contributed by atoms with Crippen molar-refractivity contribution < 1.29 is 27.9 Å². The molecule has 2 fully saturated rings. The lowest BCUT2D eigenvalue weighted by Gasteiger charge is -2.47. The van der Waals surface area contributed by atoms with E-state index >= 15 is 0 Å². The van der Waals surface area contributed by atoms with Crippen LogP contribution in [0.1, 0.15) is 18.9 Å². The molecule has 1 unspecified atom stereocenters. The molecule has 0 N–H and O–H groups in total. The second kappa shape index (κ2) is 8.97. The van der Waals surface area contributed by atoms with Gasteiger partial charge in [-0.25, -0.2) is 0 Å². The van der Waals surface area contributed by atoms with Crippen molar-refractivity contribution in [3.05, 3.63) is 59.1 Å². The van der Waals surface area contributed by atoms with Gasteiger partial charge in [0.1, 0.15) is 17.8 Å². The molecule has 10 heteroatoms. The second-order valence-corrected chi connectivity index (χ2v) is 8.53. The van der Waals surface area contributed by atoms with Crippen molar-refractivity contribution in [2.45, 2.75) is 32.0 Å². The molecule has 2 saturated heterocycles. The summed E-state index contributed by atoms with van der Waals surface area (Å²) in [5, 5.41) is 0.559. The lowest BCUT2D eigenvalue weighted by molar-refractivity contribution is -0.151. The third kappa shape index (κ3) is 4.50. The standard InChI is InChI=1S/C23H22ClF2N3O4/c1-15(30)27-11-10-23(14-27)21(32)28(18-6-8-19(9-7-18)33-22(25)26)13-20(31)29(23)12-16-2-4-17(24)5-3-16/h2-9,22H,10-14H2,1H3. The maximum absolute atomic E-state index is 13.8. The van der Waals surface area contributed by atoms with Gasteiger partial charge in [0.25, 0.3) is 5.91 Å². The number of anilines is 1. The van der Waals surface area contributed by atoms with E-state index in [0.717, 1.165) is 5.56 Å². The van der Waals surface area contributed by atoms with Crippen LogP contribution in [0.4, 0.5) is 14.5 Å². The van der Waals surface area contributed by atoms with E-state index < -0.39 is 12.2 Å². The van der Waals surface area contributed by atoms with Gasteiger partial charge in [0, 0.05) is 30.7 Å². The van der Waals surface area contributed by atoms with Gasteiger partial charge >= 0.3 is 6.61 Å². The summed E-state index contributed by atoms with van der Waals surface area (Å²) < 4.78 is 29.3. The van der Waals surface area contributed by atoms with Crippen LogP contribution in [0.3, 0.4) is 0 Å². The second-order valence-electron chi connectivity index (χ2n) is 8.09. The number of ether oxygens (including phenoxy) is 1. The fourth-order valence-corrected chi connectivity index (χ4v) is 4.51. The van der Waals surface area contributed by atoms with Gasteiger partial charge in [-0.2, -0.15) is 8.78 Å². The zero-order valence-corrected chi connectivity index (χ0v) is 18.6. The van der Waals surface area contributed by atoms with Gasteiger partial charge in [0.2, 0.25) is 11.8 Å². The normalized spacial score (nSPS) is 20.8. The summed E-state index contributed by atoms with van der Waals surface area (Å²) in [7, 11) is 0. The fourth-order valence-electron chi connectivity index (χ4n) is 4.38. The summed E-state index contributed by atoms with van der Waals surface area (Å²) in [6, 6.07) is 12.6. The molecular weight excluding hydrogens is 456 g/mol. The minimum Gasteiger partial charge on any atom is -0.435 e. The van der Waals surface area contributed by atoms with Gasteiger partial charge in [-0.05, 0) is 48.4 Å². The van der Waals surface area contributed by atoms with E-state index in [1.807, 2.05) is 0 Å². The van der Waals surface area contributed by atoms with Crippen molar-refractivity contribution in [2.75, 3.05) is 24.5 Å². The predicted octanol–water partition coefficient (Wildman–Crippen LogP) is 3.31. The minimum absolute atomic E-state index is 0.0489. The number of rotatable bonds is 5. The molecule has 0 radical (unpaired) electrons. The summed E-state index contributed by atoms with van der Waals surface area (Å²) in [5.41, 5.74) is -0.0244. The van der Waals surface area contributed by atoms with Crippen molar-refractivity contribution in [3.63, 3.8) is 0 Å². The molecule has 4 rings (SSSR count). The van der Waals surface area contributed by atoms with Gasteiger partial charge in [0.05, 0.1) is 6.54 Å².